The number of hydrogen-bond acceptors (Lipinski definition) is 10. The Morgan fingerprint density at radius 1 is 0.696 bits per heavy atom. The van der Waals surface area contributed by atoms with E-state index in [1.54, 1.807) is 22.7 Å². The maximum Gasteiger partial charge on any atom is 0.407 e. The minimum Gasteiger partial charge on any atom is -0.453 e. The molecule has 0 radical (unpaired) electrons. The zero-order valence-corrected chi connectivity index (χ0v) is 34.6. The Bertz CT molecular complexity index is 2050. The molecule has 2 aliphatic rings. The lowest BCUT2D eigenvalue weighted by Gasteiger charge is -2.30. The molecule has 6 heterocycles. The van der Waals surface area contributed by atoms with Gasteiger partial charge in [0, 0.05) is 22.5 Å². The van der Waals surface area contributed by atoms with Gasteiger partial charge in [-0.25, -0.2) is 19.6 Å². The minimum atomic E-state index is -0.699. The first-order valence-electron chi connectivity index (χ1n) is 19.1. The number of carbonyl (C=O) groups excluding carboxylic acids is 4. The van der Waals surface area contributed by atoms with Crippen molar-refractivity contribution in [1.82, 2.24) is 40.4 Å². The molecule has 0 spiro atoms. The monoisotopic (exact) mass is 802 g/mol. The Labute approximate surface area is 333 Å². The van der Waals surface area contributed by atoms with Crippen molar-refractivity contribution in [3.8, 4) is 21.1 Å². The largest absolute Gasteiger partial charge is 0.453 e. The van der Waals surface area contributed by atoms with E-state index in [1.165, 1.54) is 14.2 Å². The fourth-order valence-electron chi connectivity index (χ4n) is 7.95. The number of methoxy groups -OCH3 is 2. The number of amides is 4. The van der Waals surface area contributed by atoms with E-state index in [9.17, 15) is 19.2 Å². The van der Waals surface area contributed by atoms with Crippen molar-refractivity contribution >= 4 is 66.8 Å². The molecule has 0 unspecified atom stereocenters. The molecule has 2 aliphatic heterocycles. The summed E-state index contributed by atoms with van der Waals surface area (Å²) in [5.41, 5.74) is 1.79. The average Bonchev–Trinajstić information content (AvgIpc) is 4.01. The maximum atomic E-state index is 13.7. The van der Waals surface area contributed by atoms with Crippen molar-refractivity contribution in [1.29, 1.82) is 0 Å². The second kappa shape index (κ2) is 15.9. The number of aromatic amines is 2. The van der Waals surface area contributed by atoms with E-state index < -0.39 is 24.3 Å². The van der Waals surface area contributed by atoms with Crippen molar-refractivity contribution in [2.24, 2.45) is 23.7 Å². The number of ether oxygens (including phenoxy) is 2. The Balaban J connectivity index is 1.09. The van der Waals surface area contributed by atoms with Crippen LogP contribution in [-0.2, 0) is 19.1 Å². The van der Waals surface area contributed by atoms with Gasteiger partial charge >= 0.3 is 12.2 Å². The number of nitrogens with zero attached hydrogens (tertiary/aromatic N) is 4. The van der Waals surface area contributed by atoms with Crippen LogP contribution in [0, 0.1) is 23.7 Å². The second-order valence-corrected chi connectivity index (χ2v) is 18.1. The third kappa shape index (κ3) is 7.73. The number of benzene rings is 1. The number of fused-ring (bicyclic) bond motifs is 2. The van der Waals surface area contributed by atoms with E-state index in [4.69, 9.17) is 19.4 Å². The Hall–Kier alpha value is -4.96. The summed E-state index contributed by atoms with van der Waals surface area (Å²) < 4.78 is 11.9. The number of alkyl carbamates (subject to hydrolysis) is 2. The van der Waals surface area contributed by atoms with Crippen LogP contribution in [0.3, 0.4) is 0 Å². The zero-order valence-electron chi connectivity index (χ0n) is 33.0. The number of imidazole rings is 2. The van der Waals surface area contributed by atoms with E-state index in [0.29, 0.717) is 13.1 Å². The topological polar surface area (TPSA) is 175 Å². The second-order valence-electron chi connectivity index (χ2n) is 15.9. The number of carbonyl (C=O) groups is 4. The Morgan fingerprint density at radius 2 is 1.09 bits per heavy atom. The highest BCUT2D eigenvalue weighted by Gasteiger charge is 2.41. The van der Waals surface area contributed by atoms with E-state index in [-0.39, 0.29) is 47.6 Å². The fourth-order valence-corrected chi connectivity index (χ4v) is 10.1. The summed E-state index contributed by atoms with van der Waals surface area (Å²) in [4.78, 5) is 73.9. The molecule has 6 atom stereocenters. The molecule has 0 saturated carbocycles. The highest BCUT2D eigenvalue weighted by Crippen LogP contribution is 2.42. The Morgan fingerprint density at radius 3 is 1.45 bits per heavy atom. The van der Waals surface area contributed by atoms with Gasteiger partial charge < -0.3 is 39.9 Å². The van der Waals surface area contributed by atoms with E-state index >= 15 is 0 Å². The fraction of sp³-hybridized carbons (Fsp3) is 0.500. The first-order valence-corrected chi connectivity index (χ1v) is 20.7. The summed E-state index contributed by atoms with van der Waals surface area (Å²) in [5, 5.41) is 7.69. The molecule has 14 nitrogen and oxygen atoms in total. The minimum absolute atomic E-state index is 0.113. The molecule has 7 rings (SSSR count). The van der Waals surface area contributed by atoms with Crippen LogP contribution in [0.25, 0.3) is 41.3 Å². The number of aromatic nitrogens is 4. The van der Waals surface area contributed by atoms with Crippen molar-refractivity contribution in [2.45, 2.75) is 78.6 Å². The summed E-state index contributed by atoms with van der Waals surface area (Å²) in [5.74, 6) is 1.53. The van der Waals surface area contributed by atoms with Crippen LogP contribution < -0.4 is 10.6 Å². The van der Waals surface area contributed by atoms with Gasteiger partial charge in [0.1, 0.15) is 23.7 Å². The number of hydrogen-bond donors (Lipinski definition) is 4. The molecule has 56 heavy (non-hydrogen) atoms. The standard InChI is InChI=1S/C40H50N8O6S2/c1-19(2)33(45-39(51)53-7)37(49)47-17-21(5)9-27(47)35-41-15-25(43-35)31-13-23-11-30-24(12-29(23)55-31)14-32(56-30)26-16-42-36(44-26)28-10-22(6)18-48(28)38(50)34(20(3)4)46-40(52)54-8/h11-16,19-22,27-28,33-34H,9-10,17-18H2,1-8H3,(H,41,43)(H,42,44)(H,45,51)(H,46,52)/t21-,22-,27+,28+,33+,34+/m1/s1. The van der Waals surface area contributed by atoms with Crippen molar-refractivity contribution < 1.29 is 28.7 Å². The first kappa shape index (κ1) is 39.3. The molecule has 2 fully saturated rings. The third-order valence-electron chi connectivity index (χ3n) is 10.9. The first-order chi connectivity index (χ1) is 26.7. The molecule has 0 bridgehead atoms. The number of rotatable bonds is 10. The summed E-state index contributed by atoms with van der Waals surface area (Å²) in [6, 6.07) is 6.92. The van der Waals surface area contributed by atoms with Crippen molar-refractivity contribution in [3.63, 3.8) is 0 Å². The van der Waals surface area contributed by atoms with Crippen LogP contribution in [0.1, 0.15) is 78.1 Å². The van der Waals surface area contributed by atoms with Crippen LogP contribution in [0.5, 0.6) is 0 Å². The SMILES string of the molecule is COC(=O)N[C@H](C(=O)N1C[C@H](C)C[C@H]1c1ncc(-c2cc3cc4sc(-c5cnc([C@@H]6C[C@@H](C)CN6C(=O)[C@@H](NC(=O)OC)C(C)C)[nH]5)cc4cc3s2)[nH]1)C(C)C. The predicted molar refractivity (Wildman–Crippen MR) is 217 cm³/mol. The summed E-state index contributed by atoms with van der Waals surface area (Å²) in [6.07, 6.45) is 3.98. The summed E-state index contributed by atoms with van der Waals surface area (Å²) in [6.45, 7) is 13.0. The molecular formula is C40H50N8O6S2. The van der Waals surface area contributed by atoms with Gasteiger partial charge in [0.2, 0.25) is 11.8 Å². The summed E-state index contributed by atoms with van der Waals surface area (Å²) in [7, 11) is 2.59. The summed E-state index contributed by atoms with van der Waals surface area (Å²) >= 11 is 3.37. The molecule has 4 aromatic heterocycles. The van der Waals surface area contributed by atoms with Crippen molar-refractivity contribution in [3.05, 3.63) is 48.3 Å². The highest BCUT2D eigenvalue weighted by atomic mass is 32.1. The van der Waals surface area contributed by atoms with Gasteiger partial charge in [0.15, 0.2) is 0 Å². The molecule has 1 aromatic carbocycles. The molecule has 5 aromatic rings. The smallest absolute Gasteiger partial charge is 0.407 e. The van der Waals surface area contributed by atoms with Gasteiger partial charge in [-0.05, 0) is 71.6 Å². The third-order valence-corrected chi connectivity index (χ3v) is 13.1. The van der Waals surface area contributed by atoms with Gasteiger partial charge in [0.25, 0.3) is 0 Å². The number of likely N-dealkylation sites (tertiary alicyclic amines) is 2. The van der Waals surface area contributed by atoms with Gasteiger partial charge in [-0.3, -0.25) is 9.59 Å². The van der Waals surface area contributed by atoms with Gasteiger partial charge in [-0.15, -0.1) is 22.7 Å². The van der Waals surface area contributed by atoms with Crippen LogP contribution in [0.2, 0.25) is 0 Å². The number of H-pyrrole nitrogens is 2. The Kier molecular flexibility index (Phi) is 11.1. The van der Waals surface area contributed by atoms with Crippen LogP contribution in [0.15, 0.2) is 36.7 Å². The normalized spacial score (nSPS) is 21.0. The zero-order chi connectivity index (χ0) is 40.0. The molecule has 2 saturated heterocycles. The molecule has 4 amide bonds. The lowest BCUT2D eigenvalue weighted by Crippen LogP contribution is -2.51. The highest BCUT2D eigenvalue weighted by molar-refractivity contribution is 7.23. The van der Waals surface area contributed by atoms with Crippen LogP contribution >= 0.6 is 22.7 Å². The maximum absolute atomic E-state index is 13.7. The molecule has 298 valence electrons. The van der Waals surface area contributed by atoms with Crippen LogP contribution in [-0.4, -0.2) is 93.1 Å². The number of thiophene rings is 2. The van der Waals surface area contributed by atoms with E-state index in [2.05, 4.69) is 58.7 Å². The lowest BCUT2D eigenvalue weighted by molar-refractivity contribution is -0.136. The molecule has 4 N–H and O–H groups in total. The van der Waals surface area contributed by atoms with Gasteiger partial charge in [-0.1, -0.05) is 41.5 Å². The van der Waals surface area contributed by atoms with Gasteiger partial charge in [0.05, 0.1) is 59.8 Å². The lowest BCUT2D eigenvalue weighted by atomic mass is 10.0. The van der Waals surface area contributed by atoms with E-state index in [1.807, 2.05) is 49.9 Å². The number of nitrogens with one attached hydrogen (secondary N) is 4. The van der Waals surface area contributed by atoms with E-state index in [0.717, 1.165) is 65.8 Å². The van der Waals surface area contributed by atoms with Crippen LogP contribution in [0.4, 0.5) is 9.59 Å². The molecular weight excluding hydrogens is 753 g/mol. The molecule has 0 aliphatic carbocycles. The van der Waals surface area contributed by atoms with Crippen molar-refractivity contribution in [2.75, 3.05) is 27.3 Å². The van der Waals surface area contributed by atoms with Gasteiger partial charge in [-0.2, -0.15) is 0 Å². The predicted octanol–water partition coefficient (Wildman–Crippen LogP) is 7.48. The average molecular weight is 803 g/mol. The molecule has 16 heteroatoms. The quantitative estimate of drug-likeness (QED) is 0.112.